The fraction of sp³-hybridized carbons (Fsp3) is 0. The van der Waals surface area contributed by atoms with Crippen LogP contribution in [0.5, 0.6) is 0 Å². The second-order valence-corrected chi connectivity index (χ2v) is 4.74. The van der Waals surface area contributed by atoms with Gasteiger partial charge >= 0.3 is 0 Å². The van der Waals surface area contributed by atoms with Gasteiger partial charge in [-0.3, -0.25) is 14.9 Å². The molecule has 5 nitrogen and oxygen atoms in total. The first-order valence-electron chi connectivity index (χ1n) is 6.68. The van der Waals surface area contributed by atoms with Gasteiger partial charge in [0.25, 0.3) is 5.69 Å². The Hall–Kier alpha value is -3.21. The van der Waals surface area contributed by atoms with Crippen molar-refractivity contribution in [2.75, 3.05) is 0 Å². The number of nitro groups is 1. The highest BCUT2D eigenvalue weighted by atomic mass is 16.6. The van der Waals surface area contributed by atoms with Crippen LogP contribution in [0.3, 0.4) is 0 Å². The lowest BCUT2D eigenvalue weighted by Crippen LogP contribution is -2.07. The Morgan fingerprint density at radius 2 is 1.64 bits per heavy atom. The van der Waals surface area contributed by atoms with E-state index in [-0.39, 0.29) is 11.5 Å². The lowest BCUT2D eigenvalue weighted by atomic mass is 10.0. The molecule has 5 heteroatoms. The van der Waals surface area contributed by atoms with E-state index in [0.29, 0.717) is 16.8 Å². The molecule has 1 heterocycles. The summed E-state index contributed by atoms with van der Waals surface area (Å²) >= 11 is 0. The first kappa shape index (κ1) is 13.8. The highest BCUT2D eigenvalue weighted by Crippen LogP contribution is 2.24. The zero-order chi connectivity index (χ0) is 15.5. The molecule has 22 heavy (non-hydrogen) atoms. The molecule has 3 rings (SSSR count). The number of rotatable bonds is 4. The molecule has 0 unspecified atom stereocenters. The van der Waals surface area contributed by atoms with E-state index in [1.54, 1.807) is 47.3 Å². The predicted molar refractivity (Wildman–Crippen MR) is 82.3 cm³/mol. The summed E-state index contributed by atoms with van der Waals surface area (Å²) in [5.41, 5.74) is 1.31. The smallest absolute Gasteiger partial charge is 0.270 e. The van der Waals surface area contributed by atoms with Crippen LogP contribution in [0.4, 0.5) is 5.69 Å². The van der Waals surface area contributed by atoms with Crippen LogP contribution in [-0.4, -0.2) is 15.3 Å². The Morgan fingerprint density at radius 1 is 0.955 bits per heavy atom. The average molecular weight is 292 g/mol. The number of carbonyl (C=O) groups is 1. The van der Waals surface area contributed by atoms with E-state index in [2.05, 4.69) is 0 Å². The number of aromatic nitrogens is 1. The molecule has 0 saturated heterocycles. The number of nitro benzene ring substituents is 1. The molecule has 0 saturated carbocycles. The molecular formula is C17H12N2O3. The fourth-order valence-electron chi connectivity index (χ4n) is 2.28. The molecular weight excluding hydrogens is 280 g/mol. The van der Waals surface area contributed by atoms with Crippen molar-refractivity contribution in [3.05, 3.63) is 94.3 Å². The van der Waals surface area contributed by atoms with Gasteiger partial charge in [0.05, 0.1) is 16.2 Å². The second-order valence-electron chi connectivity index (χ2n) is 4.74. The predicted octanol–water partition coefficient (Wildman–Crippen LogP) is 3.62. The van der Waals surface area contributed by atoms with E-state index < -0.39 is 4.92 Å². The van der Waals surface area contributed by atoms with Crippen molar-refractivity contribution in [1.29, 1.82) is 0 Å². The van der Waals surface area contributed by atoms with Crippen LogP contribution in [0.25, 0.3) is 5.69 Å². The average Bonchev–Trinajstić information content (AvgIpc) is 3.08. The molecule has 0 aliphatic rings. The Morgan fingerprint density at radius 3 is 2.27 bits per heavy atom. The number of nitrogens with zero attached hydrogens (tertiary/aromatic N) is 2. The van der Waals surface area contributed by atoms with Crippen LogP contribution in [0, 0.1) is 10.1 Å². The standard InChI is InChI=1S/C17H12N2O3/c20-17(13-6-2-1-3-7-13)15-12-14(19(21)22)8-9-16(15)18-10-4-5-11-18/h1-12H. The molecule has 108 valence electrons. The second kappa shape index (κ2) is 5.65. The van der Waals surface area contributed by atoms with Gasteiger partial charge in [0.2, 0.25) is 0 Å². The van der Waals surface area contributed by atoms with Crippen LogP contribution >= 0.6 is 0 Å². The summed E-state index contributed by atoms with van der Waals surface area (Å²) in [6.45, 7) is 0. The Labute approximate surface area is 126 Å². The summed E-state index contributed by atoms with van der Waals surface area (Å²) in [6.07, 6.45) is 3.59. The van der Waals surface area contributed by atoms with Gasteiger partial charge in [0.15, 0.2) is 5.78 Å². The molecule has 0 bridgehead atoms. The fourth-order valence-corrected chi connectivity index (χ4v) is 2.28. The first-order chi connectivity index (χ1) is 10.7. The van der Waals surface area contributed by atoms with E-state index in [1.807, 2.05) is 18.2 Å². The van der Waals surface area contributed by atoms with Gasteiger partial charge in [0.1, 0.15) is 0 Å². The maximum absolute atomic E-state index is 12.7. The lowest BCUT2D eigenvalue weighted by Gasteiger charge is -2.10. The van der Waals surface area contributed by atoms with Crippen LogP contribution in [-0.2, 0) is 0 Å². The normalized spacial score (nSPS) is 10.4. The van der Waals surface area contributed by atoms with Crippen molar-refractivity contribution in [2.45, 2.75) is 0 Å². The third-order valence-corrected chi connectivity index (χ3v) is 3.35. The number of hydrogen-bond acceptors (Lipinski definition) is 3. The number of carbonyl (C=O) groups excluding carboxylic acids is 1. The van der Waals surface area contributed by atoms with E-state index in [9.17, 15) is 14.9 Å². The summed E-state index contributed by atoms with van der Waals surface area (Å²) in [4.78, 5) is 23.2. The molecule has 1 aromatic heterocycles. The number of ketones is 1. The molecule has 0 radical (unpaired) electrons. The van der Waals surface area contributed by atoms with Gasteiger partial charge in [0, 0.05) is 30.1 Å². The van der Waals surface area contributed by atoms with E-state index >= 15 is 0 Å². The van der Waals surface area contributed by atoms with Crippen molar-refractivity contribution in [1.82, 2.24) is 4.57 Å². The molecule has 0 spiro atoms. The van der Waals surface area contributed by atoms with Crippen molar-refractivity contribution in [2.24, 2.45) is 0 Å². The number of hydrogen-bond donors (Lipinski definition) is 0. The van der Waals surface area contributed by atoms with Crippen LogP contribution in [0.1, 0.15) is 15.9 Å². The minimum absolute atomic E-state index is 0.102. The molecule has 2 aromatic carbocycles. The number of benzene rings is 2. The van der Waals surface area contributed by atoms with Crippen LogP contribution in [0.2, 0.25) is 0 Å². The molecule has 0 amide bonds. The van der Waals surface area contributed by atoms with Crippen molar-refractivity contribution in [3.8, 4) is 5.69 Å². The summed E-state index contributed by atoms with van der Waals surface area (Å²) in [5, 5.41) is 11.0. The molecule has 0 atom stereocenters. The SMILES string of the molecule is O=C(c1ccccc1)c1cc([N+](=O)[O-])ccc1-n1cccc1. The van der Waals surface area contributed by atoms with Crippen molar-refractivity contribution in [3.63, 3.8) is 0 Å². The maximum atomic E-state index is 12.7. The highest BCUT2D eigenvalue weighted by molar-refractivity contribution is 6.11. The van der Waals surface area contributed by atoms with Gasteiger partial charge in [-0.25, -0.2) is 0 Å². The zero-order valence-corrected chi connectivity index (χ0v) is 11.5. The highest BCUT2D eigenvalue weighted by Gasteiger charge is 2.18. The largest absolute Gasteiger partial charge is 0.323 e. The van der Waals surface area contributed by atoms with Crippen molar-refractivity contribution < 1.29 is 9.72 Å². The van der Waals surface area contributed by atoms with E-state index in [1.165, 1.54) is 12.1 Å². The molecule has 0 aliphatic heterocycles. The molecule has 0 fully saturated rings. The Bertz CT molecular complexity index is 824. The quantitative estimate of drug-likeness (QED) is 0.419. The van der Waals surface area contributed by atoms with Gasteiger partial charge in [-0.15, -0.1) is 0 Å². The molecule has 0 N–H and O–H groups in total. The zero-order valence-electron chi connectivity index (χ0n) is 11.5. The van der Waals surface area contributed by atoms with E-state index in [4.69, 9.17) is 0 Å². The third kappa shape index (κ3) is 2.52. The molecule has 3 aromatic rings. The summed E-state index contributed by atoms with van der Waals surface area (Å²) in [7, 11) is 0. The van der Waals surface area contributed by atoms with E-state index in [0.717, 1.165) is 0 Å². The maximum Gasteiger partial charge on any atom is 0.270 e. The van der Waals surface area contributed by atoms with Gasteiger partial charge in [-0.1, -0.05) is 30.3 Å². The number of non-ortho nitro benzene ring substituents is 1. The minimum atomic E-state index is -0.499. The minimum Gasteiger partial charge on any atom is -0.323 e. The van der Waals surface area contributed by atoms with Crippen molar-refractivity contribution >= 4 is 11.5 Å². The Kier molecular flexibility index (Phi) is 3.53. The van der Waals surface area contributed by atoms with Gasteiger partial charge in [-0.05, 0) is 18.2 Å². The summed E-state index contributed by atoms with van der Waals surface area (Å²) in [6, 6.07) is 16.7. The molecule has 0 aliphatic carbocycles. The Balaban J connectivity index is 2.17. The van der Waals surface area contributed by atoms with Crippen LogP contribution in [0.15, 0.2) is 73.1 Å². The first-order valence-corrected chi connectivity index (χ1v) is 6.68. The lowest BCUT2D eigenvalue weighted by molar-refractivity contribution is -0.384. The topological polar surface area (TPSA) is 65.1 Å². The van der Waals surface area contributed by atoms with Gasteiger partial charge in [-0.2, -0.15) is 0 Å². The van der Waals surface area contributed by atoms with Crippen LogP contribution < -0.4 is 0 Å². The monoisotopic (exact) mass is 292 g/mol. The third-order valence-electron chi connectivity index (χ3n) is 3.35. The van der Waals surface area contributed by atoms with Gasteiger partial charge < -0.3 is 4.57 Å². The summed E-state index contributed by atoms with van der Waals surface area (Å²) in [5.74, 6) is -0.243. The summed E-state index contributed by atoms with van der Waals surface area (Å²) < 4.78 is 1.76.